The predicted molar refractivity (Wildman–Crippen MR) is 381 cm³/mol. The molecule has 3 aliphatic carbocycles. The summed E-state index contributed by atoms with van der Waals surface area (Å²) in [6.45, 7) is 12.2. The van der Waals surface area contributed by atoms with E-state index in [0.29, 0.717) is 66.6 Å². The molecule has 0 amide bonds. The van der Waals surface area contributed by atoms with Crippen molar-refractivity contribution in [1.82, 2.24) is 103 Å². The van der Waals surface area contributed by atoms with Crippen LogP contribution in [0.5, 0.6) is 0 Å². The Labute approximate surface area is 624 Å². The van der Waals surface area contributed by atoms with E-state index in [1.54, 1.807) is 68.0 Å². The highest BCUT2D eigenvalue weighted by molar-refractivity contribution is 7.91. The normalized spacial score (nSPS) is 18.0. The highest BCUT2D eigenvalue weighted by Gasteiger charge is 2.42. The molecule has 0 bridgehead atoms. The van der Waals surface area contributed by atoms with E-state index in [-0.39, 0.29) is 76.5 Å². The molecule has 2 atom stereocenters. The lowest BCUT2D eigenvalue weighted by Gasteiger charge is -2.36. The van der Waals surface area contributed by atoms with E-state index < -0.39 is 56.8 Å². The van der Waals surface area contributed by atoms with Crippen LogP contribution in [0.15, 0.2) is 91.2 Å². The number of anilines is 12. The molecule has 11 aromatic rings. The number of rotatable bonds is 20. The molecule has 2 saturated carbocycles. The largest absolute Gasteiger partial charge is 0.446 e. The molecule has 12 heterocycles. The highest BCUT2D eigenvalue weighted by atomic mass is 32.2. The lowest BCUT2D eigenvalue weighted by Crippen LogP contribution is -2.37. The second-order valence-corrected chi connectivity index (χ2v) is 28.5. The standard InChI is InChI=1S/2C17H19F3N8.C17H18F3N7O.C15H19F3N6O2S/c1-10-14(25-16-22-8-13(17(18,19)20)15(21-2)26-16)9-24-28(10)12-6-11(7-12)27-5-3-4-23-27;1-3-21-15-12(17(18,19)20)7-23-16(26-15)25-13-8-24-28(10(13)2)11-6-14-22-4-5-27(14)9-11;1-3-21-15-10(17(18,19)20)6-22-16(25-15)24-12-7-27(26-9(12)2)13-5-4-11-14(13)28-8-23-11;1-8-12(7-21-24(8)9-4-10(5-9)27(3,25)26)22-14-20-6-11(15(16,17)18)13(19-2)23-14/h3-5,8-9,11-12H,6-7H2,1-2H3,(H2,21,22,25,26);4-5,7-8,11H,3,6,9H2,1-2H3,(H2,21,23,25,26);6-8,13H,3-5H2,1-2H3,(H2,21,22,24,25);6-7,9-10H,4-5H2,1-3H3,(H2,19,20,22,23). The van der Waals surface area contributed by atoms with E-state index in [9.17, 15) is 61.1 Å². The van der Waals surface area contributed by atoms with Gasteiger partial charge in [-0.1, -0.05) is 0 Å². The number of imidazole rings is 1. The van der Waals surface area contributed by atoms with Crippen molar-refractivity contribution in [2.24, 2.45) is 0 Å². The molecule has 2 unspecified atom stereocenters. The summed E-state index contributed by atoms with van der Waals surface area (Å²) in [5, 5.41) is 43.4. The van der Waals surface area contributed by atoms with Crippen molar-refractivity contribution in [3.63, 3.8) is 0 Å². The number of hydrogen-bond donors (Lipinski definition) is 8. The number of nitrogens with zero attached hydrogens (tertiary/aromatic N) is 21. The third-order valence-corrected chi connectivity index (χ3v) is 20.4. The fourth-order valence-electron chi connectivity index (χ4n) is 12.9. The summed E-state index contributed by atoms with van der Waals surface area (Å²) in [5.41, 5.74) is 2.82. The predicted octanol–water partition coefficient (Wildman–Crippen LogP) is 13.0. The minimum Gasteiger partial charge on any atom is -0.446 e. The number of fused-ring (bicyclic) bond motifs is 2. The van der Waals surface area contributed by atoms with Crippen molar-refractivity contribution in [2.45, 2.75) is 153 Å². The minimum absolute atomic E-state index is 0.00220. The summed E-state index contributed by atoms with van der Waals surface area (Å²) in [4.78, 5) is 39.4. The Morgan fingerprint density at radius 3 is 1.38 bits per heavy atom. The molecule has 0 saturated heterocycles. The second-order valence-electron chi connectivity index (χ2n) is 26.2. The van der Waals surface area contributed by atoms with Crippen molar-refractivity contribution >= 4 is 79.7 Å². The number of aromatic nitrogens is 21. The molecule has 592 valence electrons. The van der Waals surface area contributed by atoms with Crippen LogP contribution in [0, 0.1) is 27.7 Å². The maximum Gasteiger partial charge on any atom is 0.421 e. The van der Waals surface area contributed by atoms with Gasteiger partial charge in [0.05, 0.1) is 99.2 Å². The number of nitrogens with one attached hydrogen (secondary N) is 8. The number of halogens is 12. The van der Waals surface area contributed by atoms with E-state index in [4.69, 9.17) is 4.42 Å². The van der Waals surface area contributed by atoms with Gasteiger partial charge in [-0.05, 0) is 86.1 Å². The fourth-order valence-corrected chi connectivity index (χ4v) is 14.0. The molecule has 15 rings (SSSR count). The molecule has 32 nitrogen and oxygen atoms in total. The van der Waals surface area contributed by atoms with Crippen LogP contribution in [-0.4, -0.2) is 150 Å². The second kappa shape index (κ2) is 31.7. The van der Waals surface area contributed by atoms with E-state index in [2.05, 4.69) is 122 Å². The zero-order valence-corrected chi connectivity index (χ0v) is 61.5. The van der Waals surface area contributed by atoms with Crippen molar-refractivity contribution in [3.8, 4) is 0 Å². The topological polar surface area (TPSA) is 366 Å². The van der Waals surface area contributed by atoms with E-state index >= 15 is 0 Å². The zero-order chi connectivity index (χ0) is 79.6. The van der Waals surface area contributed by atoms with Crippen LogP contribution < -0.4 is 42.5 Å². The van der Waals surface area contributed by atoms with E-state index in [1.165, 1.54) is 32.9 Å². The van der Waals surface area contributed by atoms with Crippen LogP contribution in [0.1, 0.15) is 138 Å². The summed E-state index contributed by atoms with van der Waals surface area (Å²) in [6, 6.07) is 2.57. The first-order chi connectivity index (χ1) is 52.6. The van der Waals surface area contributed by atoms with Crippen LogP contribution in [-0.2, 0) is 53.9 Å². The maximum absolute atomic E-state index is 13.1. The minimum atomic E-state index is -4.56. The molecule has 0 spiro atoms. The van der Waals surface area contributed by atoms with Crippen LogP contribution in [0.4, 0.5) is 122 Å². The molecule has 11 aromatic heterocycles. The van der Waals surface area contributed by atoms with Crippen molar-refractivity contribution in [3.05, 3.63) is 149 Å². The van der Waals surface area contributed by atoms with Gasteiger partial charge in [0, 0.05) is 102 Å². The van der Waals surface area contributed by atoms with Gasteiger partial charge < -0.3 is 51.5 Å². The Balaban J connectivity index is 0.000000138. The number of aryl methyl sites for hydroxylation is 2. The Morgan fingerprint density at radius 2 is 0.955 bits per heavy atom. The first-order valence-corrected chi connectivity index (χ1v) is 36.5. The lowest BCUT2D eigenvalue weighted by atomic mass is 9.87. The summed E-state index contributed by atoms with van der Waals surface area (Å²) >= 11 is 0. The van der Waals surface area contributed by atoms with Crippen LogP contribution in [0.25, 0.3) is 0 Å². The van der Waals surface area contributed by atoms with Gasteiger partial charge in [0.2, 0.25) is 23.8 Å². The van der Waals surface area contributed by atoms with Crippen molar-refractivity contribution < 1.29 is 65.5 Å². The number of alkyl halides is 12. The number of hydrogen-bond acceptors (Lipinski definition) is 26. The Kier molecular flexibility index (Phi) is 22.5. The molecule has 2 fully saturated rings. The van der Waals surface area contributed by atoms with Crippen LogP contribution in [0.2, 0.25) is 0 Å². The smallest absolute Gasteiger partial charge is 0.421 e. The molecule has 8 N–H and O–H groups in total. The van der Waals surface area contributed by atoms with Gasteiger partial charge in [-0.15, -0.1) is 0 Å². The molecule has 0 aromatic carbocycles. The lowest BCUT2D eigenvalue weighted by molar-refractivity contribution is -0.138. The third-order valence-electron chi connectivity index (χ3n) is 18.9. The highest BCUT2D eigenvalue weighted by Crippen LogP contribution is 2.44. The average Bonchev–Trinajstić information content (AvgIpc) is 1.75. The summed E-state index contributed by atoms with van der Waals surface area (Å²) in [6.07, 6.45) is 6.73. The van der Waals surface area contributed by atoms with Crippen molar-refractivity contribution in [2.75, 3.05) is 76.0 Å². The monoisotopic (exact) mass is 1580 g/mol. The van der Waals surface area contributed by atoms with Crippen LogP contribution >= 0.6 is 0 Å². The van der Waals surface area contributed by atoms with Crippen molar-refractivity contribution in [1.29, 1.82) is 0 Å². The third kappa shape index (κ3) is 17.6. The summed E-state index contributed by atoms with van der Waals surface area (Å²) < 4.78 is 196. The molecular weight excluding hydrogens is 1510 g/mol. The Bertz CT molecular complexity index is 5150. The summed E-state index contributed by atoms with van der Waals surface area (Å²) in [5.74, 6) is 0.865. The van der Waals surface area contributed by atoms with E-state index in [1.807, 2.05) is 46.4 Å². The molecule has 4 aliphatic rings. The fraction of sp³-hybridized carbons (Fsp3) is 0.439. The zero-order valence-electron chi connectivity index (χ0n) is 60.7. The van der Waals surface area contributed by atoms with Crippen LogP contribution in [0.3, 0.4) is 0 Å². The van der Waals surface area contributed by atoms with Gasteiger partial charge in [0.15, 0.2) is 12.2 Å². The SMILES string of the molecule is CCNc1nc(Nc2cn(C3CCc4ncoc43)nc2C)ncc1C(F)(F)F.CCNc1nc(Nc2cnn(C3Cc4nccn4C3)c2C)ncc1C(F)(F)F.CNc1nc(Nc2cnn(C3CC(S(C)(=O)=O)C3)c2C)ncc1C(F)(F)F.CNc1nc(Nc2cnn(C3CC(n4cccn4)C3)c2C)ncc1C(F)(F)F. The first-order valence-electron chi connectivity index (χ1n) is 34.6. The Morgan fingerprint density at radius 1 is 0.514 bits per heavy atom. The van der Waals surface area contributed by atoms with Gasteiger partial charge in [-0.3, -0.25) is 23.4 Å². The molecule has 1 aliphatic heterocycles. The molecule has 45 heteroatoms. The van der Waals surface area contributed by atoms with Gasteiger partial charge >= 0.3 is 24.7 Å². The van der Waals surface area contributed by atoms with Gasteiger partial charge in [0.1, 0.15) is 67.2 Å². The number of sulfone groups is 1. The molecule has 111 heavy (non-hydrogen) atoms. The van der Waals surface area contributed by atoms with Gasteiger partial charge in [0.25, 0.3) is 0 Å². The van der Waals surface area contributed by atoms with Gasteiger partial charge in [-0.2, -0.15) is 98.1 Å². The average molecular weight is 1580 g/mol. The first kappa shape index (κ1) is 78.9. The van der Waals surface area contributed by atoms with E-state index in [0.717, 1.165) is 91.6 Å². The Hall–Kier alpha value is -11.7. The molecular formula is C66H75F12N29O3S. The molecule has 0 radical (unpaired) electrons. The number of oxazole rings is 1. The van der Waals surface area contributed by atoms with Gasteiger partial charge in [-0.25, -0.2) is 38.3 Å². The quantitative estimate of drug-likeness (QED) is 0.0329. The maximum atomic E-state index is 13.1. The summed E-state index contributed by atoms with van der Waals surface area (Å²) in [7, 11) is -0.328.